The number of fused-ring (bicyclic) bond motifs is 2. The van der Waals surface area contributed by atoms with Gasteiger partial charge in [0.1, 0.15) is 49.0 Å². The van der Waals surface area contributed by atoms with Crippen molar-refractivity contribution in [1.29, 1.82) is 0 Å². The first-order valence-corrected chi connectivity index (χ1v) is 17.6. The molecule has 0 aliphatic carbocycles. The van der Waals surface area contributed by atoms with E-state index in [0.717, 1.165) is 17.2 Å². The number of hydrogen-bond acceptors (Lipinski definition) is 16. The topological polar surface area (TPSA) is 263 Å². The van der Waals surface area contributed by atoms with E-state index in [-0.39, 0.29) is 34.1 Å². The number of rotatable bonds is 10. The van der Waals surface area contributed by atoms with Gasteiger partial charge in [0.2, 0.25) is 11.7 Å². The van der Waals surface area contributed by atoms with E-state index in [0.29, 0.717) is 0 Å². The number of halogens is 2. The van der Waals surface area contributed by atoms with Crippen LogP contribution < -0.4 is 17.0 Å². The molecule has 2 aliphatic heterocycles. The fourth-order valence-electron chi connectivity index (χ4n) is 4.99. The minimum atomic E-state index is -4.54. The van der Waals surface area contributed by atoms with Crippen LogP contribution in [-0.2, 0) is 45.1 Å². The van der Waals surface area contributed by atoms with Gasteiger partial charge in [-0.1, -0.05) is 0 Å². The predicted molar refractivity (Wildman–Crippen MR) is 156 cm³/mol. The normalized spacial score (nSPS) is 30.3. The average molecular weight is 712 g/mol. The Balaban J connectivity index is 1.25. The Labute approximate surface area is 260 Å². The number of alkyl halides is 2. The van der Waals surface area contributed by atoms with Crippen molar-refractivity contribution in [1.82, 2.24) is 39.0 Å². The number of imidazole rings is 2. The average Bonchev–Trinajstić information content (AvgIpc) is 3.73. The van der Waals surface area contributed by atoms with Crippen LogP contribution in [0.5, 0.6) is 0 Å². The molecule has 0 bridgehead atoms. The van der Waals surface area contributed by atoms with Gasteiger partial charge in [0.05, 0.1) is 25.9 Å². The summed E-state index contributed by atoms with van der Waals surface area (Å²) in [7, 11) is -2.44. The first-order valence-electron chi connectivity index (χ1n) is 12.7. The summed E-state index contributed by atoms with van der Waals surface area (Å²) in [6.45, 7) is -6.47. The van der Waals surface area contributed by atoms with Crippen molar-refractivity contribution in [3.63, 3.8) is 0 Å². The fraction of sp³-hybridized carbons (Fsp3) is 0.500. The smallest absolute Gasteiger partial charge is 0.387 e. The molecule has 6 rings (SSSR count). The summed E-state index contributed by atoms with van der Waals surface area (Å²) in [5.41, 5.74) is 8.14. The second kappa shape index (κ2) is 12.1. The zero-order chi connectivity index (χ0) is 32.3. The van der Waals surface area contributed by atoms with Crippen molar-refractivity contribution in [3.05, 3.63) is 29.3 Å². The Morgan fingerprint density at radius 3 is 2.71 bits per heavy atom. The Kier molecular flexibility index (Phi) is 8.63. The molecule has 2 aliphatic rings. The summed E-state index contributed by atoms with van der Waals surface area (Å²) >= 11 is 8.80. The van der Waals surface area contributed by atoms with E-state index in [1.54, 1.807) is 0 Å². The van der Waals surface area contributed by atoms with Gasteiger partial charge in [-0.3, -0.25) is 23.4 Å². The number of ether oxygens (including phenoxy) is 2. The van der Waals surface area contributed by atoms with Gasteiger partial charge >= 0.3 is 13.9 Å². The number of anilines is 2. The summed E-state index contributed by atoms with van der Waals surface area (Å²) in [5.74, 6) is -0.295. The molecule has 0 amide bonds. The number of aliphatic hydroxyl groups is 1. The lowest BCUT2D eigenvalue weighted by atomic mass is 10.1. The Morgan fingerprint density at radius 1 is 1.20 bits per heavy atom. The van der Waals surface area contributed by atoms with Gasteiger partial charge in [-0.2, -0.15) is 4.98 Å². The first-order chi connectivity index (χ1) is 21.3. The highest BCUT2D eigenvalue weighted by atomic mass is 32.7. The maximum atomic E-state index is 16.2. The lowest BCUT2D eigenvalue weighted by Gasteiger charge is -2.34. The molecule has 6 heterocycles. The van der Waals surface area contributed by atoms with Crippen LogP contribution in [0.2, 0.25) is 0 Å². The molecule has 4 aromatic heterocycles. The minimum Gasteiger partial charge on any atom is -0.387 e. The quantitative estimate of drug-likeness (QED) is 0.0931. The summed E-state index contributed by atoms with van der Waals surface area (Å²) in [6.07, 6.45) is -6.93. The summed E-state index contributed by atoms with van der Waals surface area (Å²) in [5, 5.41) is 10.6. The van der Waals surface area contributed by atoms with E-state index in [9.17, 15) is 19.4 Å². The second-order valence-corrected chi connectivity index (χ2v) is 14.3. The van der Waals surface area contributed by atoms with Gasteiger partial charge < -0.3 is 35.5 Å². The van der Waals surface area contributed by atoms with Crippen molar-refractivity contribution in [2.24, 2.45) is 0 Å². The molecule has 25 heteroatoms. The highest BCUT2D eigenvalue weighted by Crippen LogP contribution is 2.54. The molecule has 4 aromatic rings. The van der Waals surface area contributed by atoms with Crippen molar-refractivity contribution >= 4 is 72.1 Å². The van der Waals surface area contributed by atoms with E-state index in [4.69, 9.17) is 46.3 Å². The molecule has 242 valence electrons. The van der Waals surface area contributed by atoms with E-state index >= 15 is 8.78 Å². The third-order valence-corrected chi connectivity index (χ3v) is 9.35. The van der Waals surface area contributed by atoms with Gasteiger partial charge in [0.15, 0.2) is 41.2 Å². The number of H-pyrrole nitrogens is 1. The van der Waals surface area contributed by atoms with Crippen molar-refractivity contribution in [3.8, 4) is 0 Å². The molecule has 0 radical (unpaired) electrons. The maximum absolute atomic E-state index is 16.2. The number of thiol groups is 1. The molecule has 9 atom stereocenters. The van der Waals surface area contributed by atoms with Crippen LogP contribution in [0.25, 0.3) is 22.3 Å². The van der Waals surface area contributed by atoms with Crippen LogP contribution in [0.4, 0.5) is 20.5 Å². The van der Waals surface area contributed by atoms with Gasteiger partial charge in [0.25, 0.3) is 5.56 Å². The van der Waals surface area contributed by atoms with Crippen LogP contribution in [0.1, 0.15) is 6.23 Å². The molecule has 0 saturated carbocycles. The fourth-order valence-corrected chi connectivity index (χ4v) is 7.07. The number of nitrogens with two attached hydrogens (primary N) is 2. The van der Waals surface area contributed by atoms with Crippen molar-refractivity contribution < 1.29 is 46.4 Å². The molecular weight excluding hydrogens is 688 g/mol. The van der Waals surface area contributed by atoms with E-state index in [2.05, 4.69) is 42.2 Å². The van der Waals surface area contributed by atoms with E-state index < -0.39 is 81.9 Å². The second-order valence-electron chi connectivity index (χ2n) is 9.81. The van der Waals surface area contributed by atoms with Crippen LogP contribution in [-0.4, -0.2) is 99.5 Å². The number of nitrogens with one attached hydrogen (secondary N) is 1. The molecule has 3 unspecified atom stereocenters. The Bertz CT molecular complexity index is 1890. The third kappa shape index (κ3) is 5.82. The summed E-state index contributed by atoms with van der Waals surface area (Å²) in [4.78, 5) is 45.6. The number of nitrogens with zero attached hydrogens (tertiary/aromatic N) is 7. The monoisotopic (exact) mass is 711 g/mol. The van der Waals surface area contributed by atoms with Crippen LogP contribution in [0, 0.1) is 0 Å². The first kappa shape index (κ1) is 32.1. The number of hydrogen-bond donors (Lipinski definition) is 6. The SMILES string of the molecule is Nc1nc2c(ncn2C2(OP(O)(=S)OC[C@H]3O[C@@H](n4cnc5c(N)ncnc54)[C@@H](F)[C@@H]3O)CO[C@H](CO[P+](=O)S)[C@H]2F)c(=O)[nH]1. The highest BCUT2D eigenvalue weighted by molar-refractivity contribution is 8.39. The molecule has 45 heavy (non-hydrogen) atoms. The summed E-state index contributed by atoms with van der Waals surface area (Å²) in [6, 6.07) is 0. The molecule has 0 spiro atoms. The predicted octanol–water partition coefficient (Wildman–Crippen LogP) is -0.0362. The minimum absolute atomic E-state index is 0.0445. The van der Waals surface area contributed by atoms with Gasteiger partial charge in [-0.15, -0.1) is 4.52 Å². The van der Waals surface area contributed by atoms with Gasteiger partial charge in [-0.05, 0) is 16.4 Å². The lowest BCUT2D eigenvalue weighted by Crippen LogP contribution is -2.46. The Hall–Kier alpha value is -2.82. The van der Waals surface area contributed by atoms with Crippen LogP contribution >= 0.6 is 26.2 Å². The van der Waals surface area contributed by atoms with Gasteiger partial charge in [0, 0.05) is 0 Å². The van der Waals surface area contributed by atoms with Crippen molar-refractivity contribution in [2.45, 2.75) is 42.6 Å². The summed E-state index contributed by atoms with van der Waals surface area (Å²) < 4.78 is 72.2. The molecule has 0 aromatic carbocycles. The molecule has 19 nitrogen and oxygen atoms in total. The molecular formula is C20H23F2N10O9P2S2+. The van der Waals surface area contributed by atoms with E-state index in [1.807, 2.05) is 0 Å². The molecule has 7 N–H and O–H groups in total. The number of aliphatic hydroxyl groups excluding tert-OH is 1. The largest absolute Gasteiger partial charge is 0.582 e. The lowest BCUT2D eigenvalue weighted by molar-refractivity contribution is -0.0777. The molecule has 2 saturated heterocycles. The zero-order valence-corrected chi connectivity index (χ0v) is 25.9. The zero-order valence-electron chi connectivity index (χ0n) is 22.4. The van der Waals surface area contributed by atoms with Gasteiger partial charge in [-0.25, -0.2) is 28.7 Å². The number of aromatic amines is 1. The highest BCUT2D eigenvalue weighted by Gasteiger charge is 2.58. The van der Waals surface area contributed by atoms with E-state index in [1.165, 1.54) is 10.9 Å². The molecule has 2 fully saturated rings. The Morgan fingerprint density at radius 2 is 1.96 bits per heavy atom. The van der Waals surface area contributed by atoms with Crippen LogP contribution in [0.15, 0.2) is 23.8 Å². The van der Waals surface area contributed by atoms with Crippen LogP contribution in [0.3, 0.4) is 0 Å². The number of nitrogen functional groups attached to an aromatic ring is 2. The third-order valence-electron chi connectivity index (χ3n) is 7.07. The van der Waals surface area contributed by atoms with Crippen molar-refractivity contribution in [2.75, 3.05) is 31.3 Å². The standard InChI is InChI=1S/C20H22F2N10O9P2S2/c21-9-12(33)7(40-18(9)31-5-27-10-14(23)25-4-26-15(10)31)2-39-43(36,45)41-20(3-37-8(13(20)22)1-38-42(35)44)32-6-28-11-16(32)29-19(24)30-17(11)34/h4-9,12-13,18,33H,1-3H2,(H6-,23,24,25,26,29,30,34,35,36,44,45)/p+1/t7-,8-,9+,12-,13-,18-,20?,43?/m1/s1. The number of aromatic nitrogens is 8. The maximum Gasteiger partial charge on any atom is 0.582 e.